The number of esters is 3. The Labute approximate surface area is 680 Å². The number of carbonyl (C=O) groups excluding carboxylic acids is 4. The average Bonchev–Trinajstić information content (AvgIpc) is 0.743. The Morgan fingerprint density at radius 2 is 0.736 bits per heavy atom. The third-order valence-corrected chi connectivity index (χ3v) is 101. The van der Waals surface area contributed by atoms with Crippen LogP contribution in [0.4, 0.5) is 0 Å². The zero-order valence-electron chi connectivity index (χ0n) is 72.8. The van der Waals surface area contributed by atoms with E-state index in [1.54, 1.807) is 27.3 Å². The third-order valence-electron chi connectivity index (χ3n) is 16.6. The fourth-order valence-corrected chi connectivity index (χ4v) is 122. The first-order valence-corrected chi connectivity index (χ1v) is 88.8. The molecule has 4 rings (SSSR count). The molecule has 640 valence electrons. The van der Waals surface area contributed by atoms with E-state index in [-0.39, 0.29) is 31.0 Å². The van der Waals surface area contributed by atoms with Gasteiger partial charge in [0.15, 0.2) is 0 Å². The minimum Gasteiger partial charge on any atom is -0.468 e. The molecule has 0 amide bonds. The van der Waals surface area contributed by atoms with E-state index in [0.29, 0.717) is 81.4 Å². The summed E-state index contributed by atoms with van der Waals surface area (Å²) in [6.45, 7) is 76.9. The van der Waals surface area contributed by atoms with Crippen molar-refractivity contribution in [1.29, 1.82) is 0 Å². The molecule has 4 aliphatic heterocycles. The Kier molecular flexibility index (Phi) is 35.8. The first-order valence-electron chi connectivity index (χ1n) is 37.9. The summed E-state index contributed by atoms with van der Waals surface area (Å²) in [5, 5.41) is 0. The molecule has 0 saturated carbocycles. The van der Waals surface area contributed by atoms with Crippen LogP contribution in [0.25, 0.3) is 0 Å². The second kappa shape index (κ2) is 38.3. The quantitative estimate of drug-likeness (QED) is 0.0138. The third kappa shape index (κ3) is 35.3. The summed E-state index contributed by atoms with van der Waals surface area (Å²) in [7, 11) is -68.4. The van der Waals surface area contributed by atoms with Crippen molar-refractivity contribution in [1.82, 2.24) is 0 Å². The molecule has 4 fully saturated rings. The van der Waals surface area contributed by atoms with Crippen molar-refractivity contribution < 1.29 is 133 Å². The zero-order valence-corrected chi connectivity index (χ0v) is 93.0. The molecule has 0 aliphatic carbocycles. The van der Waals surface area contributed by atoms with Crippen LogP contribution in [-0.2, 0) is 133 Å². The van der Waals surface area contributed by atoms with Crippen LogP contribution < -0.4 is 0 Å². The van der Waals surface area contributed by atoms with Crippen molar-refractivity contribution in [3.63, 3.8) is 0 Å². The largest absolute Gasteiger partial charge is 0.474 e. The Morgan fingerprint density at radius 1 is 0.391 bits per heavy atom. The summed E-state index contributed by atoms with van der Waals surface area (Å²) in [5.74, 6) is -1.46. The summed E-state index contributed by atoms with van der Waals surface area (Å²) < 4.78 is 186. The smallest absolute Gasteiger partial charge is 0.468 e. The molecule has 0 spiro atoms. The second-order valence-electron chi connectivity index (χ2n) is 34.8. The van der Waals surface area contributed by atoms with Crippen molar-refractivity contribution in [2.75, 3.05) is 26.4 Å². The van der Waals surface area contributed by atoms with Crippen molar-refractivity contribution in [3.8, 4) is 0 Å². The lowest BCUT2D eigenvalue weighted by Gasteiger charge is -2.54. The van der Waals surface area contributed by atoms with Gasteiger partial charge in [-0.2, -0.15) is 0 Å². The van der Waals surface area contributed by atoms with Gasteiger partial charge in [0.25, 0.3) is 6.47 Å². The molecular formula is C59H138O31Si20. The minimum absolute atomic E-state index is 0.0466. The Bertz CT molecular complexity index is 3210. The van der Waals surface area contributed by atoms with E-state index in [0.717, 1.165) is 0 Å². The molecule has 51 heteroatoms. The van der Waals surface area contributed by atoms with Gasteiger partial charge in [-0.05, 0) is 234 Å². The van der Waals surface area contributed by atoms with Gasteiger partial charge in [0.05, 0.1) is 26.4 Å². The molecule has 12 unspecified atom stereocenters. The van der Waals surface area contributed by atoms with E-state index >= 15 is 0 Å². The normalized spacial score (nSPS) is 32.6. The zero-order chi connectivity index (χ0) is 84.7. The molecule has 0 aromatic carbocycles. The number of hydrogen-bond acceptors (Lipinski definition) is 31. The lowest BCUT2D eigenvalue weighted by molar-refractivity contribution is -0.142. The molecule has 0 N–H and O–H groups in total. The van der Waals surface area contributed by atoms with Gasteiger partial charge in [-0.1, -0.05) is 33.6 Å². The summed E-state index contributed by atoms with van der Waals surface area (Å²) in [6.07, 6.45) is 3.48. The van der Waals surface area contributed by atoms with Gasteiger partial charge in [-0.3, -0.25) is 4.79 Å². The lowest BCUT2D eigenvalue weighted by Crippen LogP contribution is -2.76. The maximum Gasteiger partial charge on any atom is 0.474 e. The SMILES string of the molecule is C=C(C)C(=O)OCCCC[Si]1(C)O[Si](C)(CCCCOC=O)O[SiH](C)O[Si](C)(O[Si](C)(C)O[Si](C)(C)O[Si](C)(C)O[Si]2(C)O[Si](C)(C)O[Si](C)(O[Si](C)(C)O[Si](C)(C)O[Si](C)(C)O[Si]3(C)O[Si](C)(CC(C)(CC)COC(=O)C(=C)C)O[Si]4(C)O[Si](C)(C)O[Si](C)(C)O[Si](C)(O3)O4)O[Si](C)(CCCOC(=O)C(=C)C)O2)O1. The van der Waals surface area contributed by atoms with Crippen LogP contribution in [0.1, 0.15) is 73.1 Å². The highest BCUT2D eigenvalue weighted by atomic mass is 28.6. The Morgan fingerprint density at radius 3 is 1.16 bits per heavy atom. The second-order valence-corrected chi connectivity index (χ2v) is 101. The van der Waals surface area contributed by atoms with Crippen LogP contribution in [-0.4, -0.2) is 224 Å². The van der Waals surface area contributed by atoms with Crippen LogP contribution in [0.2, 0.25) is 214 Å². The number of fused-ring (bicyclic) bond motifs is 2. The summed E-state index contributed by atoms with van der Waals surface area (Å²) in [5.41, 5.74) is 0.241. The summed E-state index contributed by atoms with van der Waals surface area (Å²) in [6, 6.07) is 1.79. The fourth-order valence-electron chi connectivity index (χ4n) is 15.0. The average molecular weight is 1910 g/mol. The molecule has 4 heterocycles. The first kappa shape index (κ1) is 103. The van der Waals surface area contributed by atoms with E-state index < -0.39 is 197 Å². The monoisotopic (exact) mass is 1900 g/mol. The predicted molar refractivity (Wildman–Crippen MR) is 462 cm³/mol. The fraction of sp³-hybridized carbons (Fsp3) is 0.831. The molecule has 31 nitrogen and oxygen atoms in total. The number of rotatable bonds is 39. The number of carbonyl (C=O) groups is 4. The predicted octanol–water partition coefficient (Wildman–Crippen LogP) is 14.2. The Balaban J connectivity index is 1.65. The van der Waals surface area contributed by atoms with E-state index in [1.807, 2.05) is 197 Å². The number of ether oxygens (including phenoxy) is 4. The van der Waals surface area contributed by atoms with Gasteiger partial charge in [0, 0.05) is 61.4 Å². The molecular weight excluding hydrogens is 1770 g/mol. The highest BCUT2D eigenvalue weighted by molar-refractivity contribution is 6.99. The van der Waals surface area contributed by atoms with Gasteiger partial charge in [0.2, 0.25) is 0 Å². The standard InChI is InChI=1S/C59H138O31Si20/c1-38-59(8,50-67-58(63)55(6)7)51-104(31)87-108(35,89-110(37)80-99(24,25)74-98(22,23)79-109(36,88-104)90-110)78-97(20,21)73-93(12,13)72-96(18,19)77-107(34)82-100(26,27)81-106(33,85-103(30,86-107)49-43-46-66-57(62)54(4)5)76-95(16,17)71-92(10,11)70-94(14,15)75-105(32)69-91(9)68-101(28,47-41-39-44-64-52-60)83-102(29,84-105)48-42-40-45-65-56(61)53(2)3/h52,91H,2,4,6,38-51H2,1,3,5,7-37H3. The van der Waals surface area contributed by atoms with Gasteiger partial charge in [0.1, 0.15) is 0 Å². The molecule has 12 atom stereocenters. The van der Waals surface area contributed by atoms with Gasteiger partial charge in [-0.15, -0.1) is 0 Å². The van der Waals surface area contributed by atoms with Crippen LogP contribution in [0.5, 0.6) is 0 Å². The molecule has 4 saturated heterocycles. The molecule has 110 heavy (non-hydrogen) atoms. The maximum atomic E-state index is 12.9. The van der Waals surface area contributed by atoms with Crippen molar-refractivity contribution in [2.24, 2.45) is 5.41 Å². The van der Waals surface area contributed by atoms with E-state index in [2.05, 4.69) is 19.7 Å². The number of unbranched alkanes of at least 4 members (excludes halogenated alkanes) is 2. The molecule has 0 aromatic heterocycles. The lowest BCUT2D eigenvalue weighted by atomic mass is 9.91. The first-order chi connectivity index (χ1) is 49.3. The van der Waals surface area contributed by atoms with Crippen molar-refractivity contribution >= 4 is 198 Å². The Hall–Kier alpha value is 0.518. The highest BCUT2D eigenvalue weighted by Crippen LogP contribution is 2.46. The van der Waals surface area contributed by atoms with Crippen LogP contribution in [0, 0.1) is 5.41 Å². The van der Waals surface area contributed by atoms with Crippen LogP contribution >= 0.6 is 0 Å². The molecule has 0 aromatic rings. The summed E-state index contributed by atoms with van der Waals surface area (Å²) in [4.78, 5) is 48.7. The van der Waals surface area contributed by atoms with E-state index in [1.165, 1.54) is 0 Å². The minimum atomic E-state index is -4.03. The van der Waals surface area contributed by atoms with Gasteiger partial charge < -0.3 is 114 Å². The van der Waals surface area contributed by atoms with E-state index in [9.17, 15) is 19.2 Å². The highest BCUT2D eigenvalue weighted by Gasteiger charge is 2.68. The van der Waals surface area contributed by atoms with Crippen molar-refractivity contribution in [3.05, 3.63) is 36.5 Å². The summed E-state index contributed by atoms with van der Waals surface area (Å²) >= 11 is 0. The number of hydrogen-bond donors (Lipinski definition) is 0. The molecule has 2 bridgehead atoms. The van der Waals surface area contributed by atoms with Gasteiger partial charge >= 0.3 is 191 Å². The maximum absolute atomic E-state index is 12.9. The van der Waals surface area contributed by atoms with Crippen molar-refractivity contribution in [2.45, 2.75) is 287 Å². The van der Waals surface area contributed by atoms with Crippen LogP contribution in [0.3, 0.4) is 0 Å². The van der Waals surface area contributed by atoms with Crippen LogP contribution in [0.15, 0.2) is 36.5 Å². The molecule has 4 aliphatic rings. The molecule has 0 radical (unpaired) electrons. The van der Waals surface area contributed by atoms with Gasteiger partial charge in [-0.25, -0.2) is 14.4 Å². The van der Waals surface area contributed by atoms with E-state index in [4.69, 9.17) is 114 Å². The topological polar surface area (TPSA) is 317 Å².